The zero-order valence-corrected chi connectivity index (χ0v) is 3.37. The third-order valence-electron chi connectivity index (χ3n) is 0.890. The molecule has 0 saturated heterocycles. The van der Waals surface area contributed by atoms with Gasteiger partial charge < -0.3 is 0 Å². The predicted molar refractivity (Wildman–Crippen MR) is 15.3 cm³/mol. The van der Waals surface area contributed by atoms with Gasteiger partial charge in [-0.3, -0.25) is 0 Å². The van der Waals surface area contributed by atoms with Crippen molar-refractivity contribution in [3.05, 3.63) is 12.4 Å². The molecule has 2 bridgehead atoms. The average molecular weight is 98.1 g/mol. The number of nitrogens with zero attached hydrogens (tertiary/aromatic N) is 2. The second-order valence-corrected chi connectivity index (χ2v) is 1.31. The largest absolute Gasteiger partial charge is 0.781 e. The van der Waals surface area contributed by atoms with Crippen molar-refractivity contribution in [2.45, 2.75) is 0 Å². The number of rotatable bonds is 0. The molecule has 7 heavy (non-hydrogen) atoms. The molecular formula is C3H2N2O2+2. The Kier molecular flexibility index (Phi) is 0.247. The summed E-state index contributed by atoms with van der Waals surface area (Å²) in [6.07, 6.45) is 3.12. The molecule has 0 unspecified atom stereocenters. The molecule has 0 fully saturated rings. The summed E-state index contributed by atoms with van der Waals surface area (Å²) in [6, 6.07) is -0.111. The van der Waals surface area contributed by atoms with Crippen LogP contribution in [0, 0.1) is 0 Å². The van der Waals surface area contributed by atoms with Crippen LogP contribution in [0.2, 0.25) is 0 Å². The normalized spacial score (nSPS) is 14.0. The summed E-state index contributed by atoms with van der Waals surface area (Å²) in [4.78, 5) is 10.3. The maximum absolute atomic E-state index is 10.3. The van der Waals surface area contributed by atoms with Crippen LogP contribution < -0.4 is 9.48 Å². The van der Waals surface area contributed by atoms with Crippen LogP contribution in [0.15, 0.2) is 17.0 Å². The maximum Gasteiger partial charge on any atom is 0.781 e. The fourth-order valence-electron chi connectivity index (χ4n) is 0.532. The van der Waals surface area contributed by atoms with Gasteiger partial charge in [0, 0.05) is 4.63 Å². The zero-order chi connectivity index (χ0) is 4.85. The van der Waals surface area contributed by atoms with E-state index in [1.807, 2.05) is 0 Å². The number of hydrogen-bond donors (Lipinski definition) is 0. The predicted octanol–water partition coefficient (Wildman–Crippen LogP) is -1.32. The zero-order valence-electron chi connectivity index (χ0n) is 3.37. The Labute approximate surface area is 38.5 Å². The van der Waals surface area contributed by atoms with Gasteiger partial charge >= 0.3 is 18.4 Å². The molecule has 3 heterocycles. The average Bonchev–Trinajstić information content (AvgIpc) is 2.18. The van der Waals surface area contributed by atoms with E-state index in [4.69, 9.17) is 0 Å². The minimum absolute atomic E-state index is 0.111. The highest BCUT2D eigenvalue weighted by Crippen LogP contribution is 1.77. The summed E-state index contributed by atoms with van der Waals surface area (Å²) in [5.74, 6) is 0. The Morgan fingerprint density at radius 2 is 2.00 bits per heavy atom. The lowest BCUT2D eigenvalue weighted by Crippen LogP contribution is -2.67. The van der Waals surface area contributed by atoms with Crippen LogP contribution in [-0.4, -0.2) is 6.03 Å². The molecule has 2 aliphatic heterocycles. The summed E-state index contributed by atoms with van der Waals surface area (Å²) in [7, 11) is 0. The van der Waals surface area contributed by atoms with Gasteiger partial charge in [-0.2, -0.15) is 0 Å². The van der Waals surface area contributed by atoms with Crippen LogP contribution in [0.1, 0.15) is 0 Å². The highest BCUT2D eigenvalue weighted by Gasteiger charge is 2.52. The Hall–Kier alpha value is -1.19. The minimum Gasteiger partial charge on any atom is -0.144 e. The second kappa shape index (κ2) is 0.598. The number of aromatic nitrogens is 2. The lowest BCUT2D eigenvalue weighted by Gasteiger charge is -1.71. The van der Waals surface area contributed by atoms with Crippen LogP contribution >= 0.6 is 0 Å². The summed E-state index contributed by atoms with van der Waals surface area (Å²) in [5, 5.41) is 0. The van der Waals surface area contributed by atoms with E-state index < -0.39 is 0 Å². The van der Waals surface area contributed by atoms with Gasteiger partial charge in [-0.15, -0.1) is 4.79 Å². The molecule has 0 N–H and O–H groups in total. The van der Waals surface area contributed by atoms with Crippen molar-refractivity contribution in [2.75, 3.05) is 0 Å². The molecule has 4 nitrogen and oxygen atoms in total. The Balaban J connectivity index is 2.91. The summed E-state index contributed by atoms with van der Waals surface area (Å²) < 4.78 is 6.87. The van der Waals surface area contributed by atoms with Gasteiger partial charge in [0.2, 0.25) is 0 Å². The monoisotopic (exact) mass is 98.0 g/mol. The van der Waals surface area contributed by atoms with E-state index in [-0.39, 0.29) is 6.03 Å². The van der Waals surface area contributed by atoms with E-state index in [2.05, 4.69) is 4.63 Å². The molecular weight excluding hydrogens is 96.0 g/mol. The van der Waals surface area contributed by atoms with E-state index in [9.17, 15) is 4.79 Å². The molecule has 34 valence electrons. The standard InChI is InChI=1S/C3H2N2O2/c6-3-4-1-2-5(3)7-4/h1-2H/q+2. The van der Waals surface area contributed by atoms with Gasteiger partial charge in [0.15, 0.2) is 9.48 Å². The number of carbonyl (C=O) groups excluding carboxylic acids is 1. The maximum atomic E-state index is 10.3. The fourth-order valence-corrected chi connectivity index (χ4v) is 0.532. The first-order chi connectivity index (χ1) is 3.38. The quantitative estimate of drug-likeness (QED) is 0.383. The third-order valence-corrected chi connectivity index (χ3v) is 0.890. The highest BCUT2D eigenvalue weighted by atomic mass is 16.7. The van der Waals surface area contributed by atoms with Crippen molar-refractivity contribution in [1.82, 2.24) is 0 Å². The van der Waals surface area contributed by atoms with E-state index in [0.717, 1.165) is 9.48 Å². The van der Waals surface area contributed by atoms with Crippen LogP contribution in [0.25, 0.3) is 0 Å². The van der Waals surface area contributed by atoms with Crippen molar-refractivity contribution in [1.29, 1.82) is 0 Å². The molecule has 0 spiro atoms. The van der Waals surface area contributed by atoms with Gasteiger partial charge in [0.25, 0.3) is 0 Å². The van der Waals surface area contributed by atoms with Gasteiger partial charge in [0.05, 0.1) is 0 Å². The van der Waals surface area contributed by atoms with Gasteiger partial charge in [-0.25, -0.2) is 0 Å². The van der Waals surface area contributed by atoms with Crippen molar-refractivity contribution >= 4 is 6.03 Å². The molecule has 0 aliphatic carbocycles. The number of hydrogen-bond acceptors (Lipinski definition) is 2. The van der Waals surface area contributed by atoms with Crippen molar-refractivity contribution < 1.29 is 18.9 Å². The lowest BCUT2D eigenvalue weighted by atomic mass is 11.0. The molecule has 0 amide bonds. The molecule has 4 heteroatoms. The number of carbonyl (C=O) groups is 1. The molecule has 0 aromatic carbocycles. The molecule has 0 radical (unpaired) electrons. The molecule has 0 saturated carbocycles. The number of fused-ring (bicyclic) bond motifs is 1. The topological polar surface area (TPSA) is 38.0 Å². The van der Waals surface area contributed by atoms with E-state index in [1.54, 1.807) is 12.4 Å². The summed E-state index contributed by atoms with van der Waals surface area (Å²) in [6.45, 7) is 0. The fraction of sp³-hybridized carbons (Fsp3) is 0. The molecule has 2 aliphatic rings. The molecule has 1 aromatic rings. The van der Waals surface area contributed by atoms with Crippen LogP contribution in [-0.2, 0) is 0 Å². The van der Waals surface area contributed by atoms with Crippen molar-refractivity contribution in [3.8, 4) is 0 Å². The van der Waals surface area contributed by atoms with E-state index in [0.29, 0.717) is 0 Å². The Morgan fingerprint density at radius 1 is 1.43 bits per heavy atom. The van der Waals surface area contributed by atoms with Crippen LogP contribution in [0.4, 0.5) is 4.79 Å². The molecule has 3 rings (SSSR count). The van der Waals surface area contributed by atoms with E-state index in [1.165, 1.54) is 0 Å². The van der Waals surface area contributed by atoms with Gasteiger partial charge in [0.1, 0.15) is 0 Å². The summed E-state index contributed by atoms with van der Waals surface area (Å²) in [5.41, 5.74) is 0. The smallest absolute Gasteiger partial charge is 0.144 e. The van der Waals surface area contributed by atoms with Crippen LogP contribution in [0.3, 0.4) is 0 Å². The first-order valence-electron chi connectivity index (χ1n) is 1.87. The SMILES string of the molecule is O=C1[n+]2cc[n+]1o2. The van der Waals surface area contributed by atoms with Crippen molar-refractivity contribution in [3.63, 3.8) is 0 Å². The first-order valence-corrected chi connectivity index (χ1v) is 1.87. The van der Waals surface area contributed by atoms with Gasteiger partial charge in [-0.1, -0.05) is 0 Å². The first kappa shape index (κ1) is 2.90. The lowest BCUT2D eigenvalue weighted by molar-refractivity contribution is -1.09. The molecule has 0 atom stereocenters. The third kappa shape index (κ3) is 0.152. The Morgan fingerprint density at radius 3 is 2.14 bits per heavy atom. The van der Waals surface area contributed by atoms with Crippen LogP contribution in [0.5, 0.6) is 0 Å². The minimum atomic E-state index is -0.111. The van der Waals surface area contributed by atoms with Crippen molar-refractivity contribution in [2.24, 2.45) is 0 Å². The summed E-state index contributed by atoms with van der Waals surface area (Å²) >= 11 is 0. The van der Waals surface area contributed by atoms with Gasteiger partial charge in [-0.05, 0) is 0 Å². The Bertz CT molecular complexity index is 199. The van der Waals surface area contributed by atoms with E-state index >= 15 is 0 Å². The molecule has 1 aromatic heterocycles. The second-order valence-electron chi connectivity index (χ2n) is 1.31. The highest BCUT2D eigenvalue weighted by molar-refractivity contribution is 5.53.